The largest absolute Gasteiger partial charge is 0.309 e. The predicted octanol–water partition coefficient (Wildman–Crippen LogP) is 14.4. The van der Waals surface area contributed by atoms with Gasteiger partial charge in [0.15, 0.2) is 11.5 Å². The van der Waals surface area contributed by atoms with Crippen molar-refractivity contribution < 1.29 is 0 Å². The molecule has 11 rings (SSSR count). The van der Waals surface area contributed by atoms with Gasteiger partial charge >= 0.3 is 0 Å². The third-order valence-corrected chi connectivity index (χ3v) is 12.3. The Balaban J connectivity index is 1.16. The van der Waals surface area contributed by atoms with Crippen LogP contribution in [0.5, 0.6) is 0 Å². The summed E-state index contributed by atoms with van der Waals surface area (Å²) in [6.07, 6.45) is 7.45. The van der Waals surface area contributed by atoms with Crippen molar-refractivity contribution in [3.05, 3.63) is 201 Å². The quantitative estimate of drug-likeness (QED) is 0.152. The zero-order valence-electron chi connectivity index (χ0n) is 31.4. The van der Waals surface area contributed by atoms with E-state index in [0.29, 0.717) is 11.5 Å². The maximum atomic E-state index is 5.39. The number of allylic oxidation sites excluding steroid dienone is 4. The van der Waals surface area contributed by atoms with Crippen molar-refractivity contribution in [2.45, 2.75) is 0 Å². The molecule has 0 radical (unpaired) electrons. The molecule has 0 bridgehead atoms. The van der Waals surface area contributed by atoms with Crippen molar-refractivity contribution >= 4 is 80.7 Å². The molecule has 0 spiro atoms. The summed E-state index contributed by atoms with van der Waals surface area (Å²) in [7, 11) is 0. The molecule has 0 aliphatic carbocycles. The van der Waals surface area contributed by atoms with E-state index in [0.717, 1.165) is 55.7 Å². The summed E-state index contributed by atoms with van der Waals surface area (Å²) in [5.74, 6) is 0.608. The van der Waals surface area contributed by atoms with Crippen LogP contribution in [0.15, 0.2) is 195 Å². The first kappa shape index (κ1) is 33.8. The molecule has 7 aromatic carbocycles. The van der Waals surface area contributed by atoms with E-state index in [9.17, 15) is 0 Å². The fraction of sp³-hybridized carbons (Fsp3) is 0. The Hall–Kier alpha value is -7.47. The Bertz CT molecular complexity index is 3500. The van der Waals surface area contributed by atoms with E-state index in [-0.39, 0.29) is 0 Å². The highest BCUT2D eigenvalue weighted by Gasteiger charge is 2.22. The van der Waals surface area contributed by atoms with Crippen LogP contribution >= 0.6 is 11.3 Å². The van der Waals surface area contributed by atoms with E-state index >= 15 is 0 Å². The van der Waals surface area contributed by atoms with E-state index in [1.807, 2.05) is 35.6 Å². The summed E-state index contributed by atoms with van der Waals surface area (Å²) >= 11 is 1.88. The summed E-state index contributed by atoms with van der Waals surface area (Å²) < 4.78 is 5.05. The molecule has 0 saturated heterocycles. The Morgan fingerprint density at radius 2 is 1.29 bits per heavy atom. The average Bonchev–Trinajstić information content (AvgIpc) is 3.85. The van der Waals surface area contributed by atoms with Gasteiger partial charge in [-0.1, -0.05) is 135 Å². The maximum Gasteiger partial charge on any atom is 0.163 e. The van der Waals surface area contributed by atoms with Gasteiger partial charge in [0.25, 0.3) is 0 Å². The molecular weight excluding hydrogens is 725 g/mol. The van der Waals surface area contributed by atoms with Gasteiger partial charge in [0.05, 0.1) is 16.7 Å². The summed E-state index contributed by atoms with van der Waals surface area (Å²) in [6.45, 7) is 8.08. The molecule has 5 heteroatoms. The van der Waals surface area contributed by atoms with Crippen molar-refractivity contribution in [1.29, 1.82) is 0 Å². The van der Waals surface area contributed by atoms with Crippen LogP contribution in [0, 0.1) is 0 Å². The molecule has 4 nitrogen and oxygen atoms in total. The van der Waals surface area contributed by atoms with E-state index in [1.165, 1.54) is 47.2 Å². The molecule has 4 heterocycles. The normalized spacial score (nSPS) is 12.0. The molecule has 0 aliphatic rings. The second-order valence-electron chi connectivity index (χ2n) is 14.5. The second kappa shape index (κ2) is 13.6. The third-order valence-electron chi connectivity index (χ3n) is 11.1. The van der Waals surface area contributed by atoms with Gasteiger partial charge in [-0.2, -0.15) is 0 Å². The standard InChI is InChI=1S/C53H34N4S/c1-3-16-33(4-2)36-29-37(34-17-6-5-7-18-34)31-38(30-36)49-44-25-15-28-54-53(44)56-52(55-49)35-19-14-20-39(32-35)57-45-26-12-10-23-42(45)47-48-43-24-11-13-27-46(43)58-51(48)41-22-9-8-21-40(41)50(47)57/h3-32H,1-2H2/b33-16+. The fourth-order valence-electron chi connectivity index (χ4n) is 8.62. The molecule has 0 saturated carbocycles. The first-order valence-electron chi connectivity index (χ1n) is 19.3. The summed E-state index contributed by atoms with van der Waals surface area (Å²) in [5, 5.41) is 8.48. The molecule has 0 N–H and O–H groups in total. The van der Waals surface area contributed by atoms with Crippen LogP contribution in [-0.4, -0.2) is 19.5 Å². The fourth-order valence-corrected chi connectivity index (χ4v) is 9.87. The van der Waals surface area contributed by atoms with Gasteiger partial charge in [-0.15, -0.1) is 11.3 Å². The van der Waals surface area contributed by atoms with Crippen LogP contribution in [-0.2, 0) is 0 Å². The molecule has 0 aliphatic heterocycles. The third kappa shape index (κ3) is 5.32. The number of thiophene rings is 1. The van der Waals surface area contributed by atoms with Gasteiger partial charge in [-0.05, 0) is 76.9 Å². The highest BCUT2D eigenvalue weighted by molar-refractivity contribution is 7.27. The summed E-state index contributed by atoms with van der Waals surface area (Å²) in [4.78, 5) is 15.3. The summed E-state index contributed by atoms with van der Waals surface area (Å²) in [6, 6.07) is 56.1. The number of hydrogen-bond acceptors (Lipinski definition) is 4. The lowest BCUT2D eigenvalue weighted by Crippen LogP contribution is -1.99. The van der Waals surface area contributed by atoms with Crippen LogP contribution < -0.4 is 0 Å². The molecule has 58 heavy (non-hydrogen) atoms. The van der Waals surface area contributed by atoms with Crippen molar-refractivity contribution in [2.75, 3.05) is 0 Å². The lowest BCUT2D eigenvalue weighted by Gasteiger charge is -2.14. The van der Waals surface area contributed by atoms with Crippen molar-refractivity contribution in [2.24, 2.45) is 0 Å². The zero-order valence-corrected chi connectivity index (χ0v) is 32.2. The maximum absolute atomic E-state index is 5.39. The van der Waals surface area contributed by atoms with Crippen LogP contribution in [0.4, 0.5) is 0 Å². The smallest absolute Gasteiger partial charge is 0.163 e. The highest BCUT2D eigenvalue weighted by Crippen LogP contribution is 2.48. The molecule has 0 amide bonds. The van der Waals surface area contributed by atoms with Crippen LogP contribution in [0.2, 0.25) is 0 Å². The van der Waals surface area contributed by atoms with Crippen molar-refractivity contribution in [3.63, 3.8) is 0 Å². The monoisotopic (exact) mass is 758 g/mol. The van der Waals surface area contributed by atoms with Gasteiger partial charge in [0, 0.05) is 70.1 Å². The van der Waals surface area contributed by atoms with Crippen LogP contribution in [0.3, 0.4) is 0 Å². The van der Waals surface area contributed by atoms with Crippen molar-refractivity contribution in [1.82, 2.24) is 19.5 Å². The number of nitrogens with zero attached hydrogens (tertiary/aromatic N) is 4. The van der Waals surface area contributed by atoms with E-state index < -0.39 is 0 Å². The summed E-state index contributed by atoms with van der Waals surface area (Å²) in [5.41, 5.74) is 10.9. The molecule has 11 aromatic rings. The number of pyridine rings is 1. The molecule has 4 aromatic heterocycles. The van der Waals surface area contributed by atoms with E-state index in [2.05, 4.69) is 163 Å². The number of hydrogen-bond donors (Lipinski definition) is 0. The van der Waals surface area contributed by atoms with Crippen LogP contribution in [0.25, 0.3) is 109 Å². The van der Waals surface area contributed by atoms with Gasteiger partial charge in [-0.25, -0.2) is 15.0 Å². The minimum absolute atomic E-state index is 0.608. The van der Waals surface area contributed by atoms with Gasteiger partial charge in [-0.3, -0.25) is 0 Å². The van der Waals surface area contributed by atoms with Gasteiger partial charge in [0.2, 0.25) is 0 Å². The number of aromatic nitrogens is 4. The zero-order chi connectivity index (χ0) is 38.7. The average molecular weight is 759 g/mol. The Morgan fingerprint density at radius 1 is 0.569 bits per heavy atom. The second-order valence-corrected chi connectivity index (χ2v) is 15.5. The Kier molecular flexibility index (Phi) is 7.95. The highest BCUT2D eigenvalue weighted by atomic mass is 32.1. The lowest BCUT2D eigenvalue weighted by molar-refractivity contribution is 1.16. The Labute approximate surface area is 339 Å². The van der Waals surface area contributed by atoms with Gasteiger partial charge < -0.3 is 4.57 Å². The topological polar surface area (TPSA) is 43.6 Å². The van der Waals surface area contributed by atoms with Crippen molar-refractivity contribution in [3.8, 4) is 39.5 Å². The first-order valence-corrected chi connectivity index (χ1v) is 20.2. The SMILES string of the molecule is C=C/C=C(\C=C)c1cc(-c2ccccc2)cc(-c2nc(-c3cccc(-n4c5ccccc5c5c6c7ccccc7sc6c6ccccc6c54)c3)nc3ncccc23)c1. The predicted molar refractivity (Wildman–Crippen MR) is 247 cm³/mol. The molecule has 0 fully saturated rings. The first-order chi connectivity index (χ1) is 28.7. The lowest BCUT2D eigenvalue weighted by atomic mass is 9.94. The minimum atomic E-state index is 0.608. The molecular formula is C53H34N4S. The molecule has 0 unspecified atom stereocenters. The van der Waals surface area contributed by atoms with Gasteiger partial charge in [0.1, 0.15) is 0 Å². The number of para-hydroxylation sites is 1. The number of fused-ring (bicyclic) bond motifs is 11. The number of benzene rings is 7. The Morgan fingerprint density at radius 3 is 2.14 bits per heavy atom. The van der Waals surface area contributed by atoms with E-state index in [4.69, 9.17) is 15.0 Å². The van der Waals surface area contributed by atoms with E-state index in [1.54, 1.807) is 12.3 Å². The minimum Gasteiger partial charge on any atom is -0.309 e. The molecule has 0 atom stereocenters. The van der Waals surface area contributed by atoms with Crippen LogP contribution in [0.1, 0.15) is 5.56 Å². The molecule has 272 valence electrons. The number of rotatable bonds is 7.